The molecule has 1 unspecified atom stereocenters. The van der Waals surface area contributed by atoms with Gasteiger partial charge in [-0.3, -0.25) is 14.3 Å². The lowest BCUT2D eigenvalue weighted by atomic mass is 9.96. The molecule has 2 heterocycles. The van der Waals surface area contributed by atoms with Crippen LogP contribution in [0.2, 0.25) is 5.02 Å². The summed E-state index contributed by atoms with van der Waals surface area (Å²) >= 11 is 6.19. The van der Waals surface area contributed by atoms with Gasteiger partial charge in [0.2, 0.25) is 5.91 Å². The maximum atomic E-state index is 12.8. The van der Waals surface area contributed by atoms with Crippen molar-refractivity contribution < 1.29 is 9.59 Å². The van der Waals surface area contributed by atoms with Crippen molar-refractivity contribution in [2.75, 3.05) is 26.2 Å². The second-order valence-corrected chi connectivity index (χ2v) is 7.10. The van der Waals surface area contributed by atoms with E-state index in [1.165, 1.54) is 0 Å². The molecule has 1 aliphatic heterocycles. The van der Waals surface area contributed by atoms with Crippen LogP contribution in [0.3, 0.4) is 0 Å². The fourth-order valence-electron chi connectivity index (χ4n) is 3.26. The summed E-state index contributed by atoms with van der Waals surface area (Å²) < 4.78 is 1.70. The zero-order valence-corrected chi connectivity index (χ0v) is 17.1. The topological polar surface area (TPSA) is 93.2 Å². The summed E-state index contributed by atoms with van der Waals surface area (Å²) in [6, 6.07) is 7.55. The molecule has 28 heavy (non-hydrogen) atoms. The lowest BCUT2D eigenvalue weighted by molar-refractivity contribution is -0.126. The largest absolute Gasteiger partial charge is 0.355 e. The molecule has 0 bridgehead atoms. The minimum Gasteiger partial charge on any atom is -0.355 e. The van der Waals surface area contributed by atoms with Crippen molar-refractivity contribution >= 4 is 35.8 Å². The highest BCUT2D eigenvalue weighted by molar-refractivity contribution is 6.31. The van der Waals surface area contributed by atoms with Crippen molar-refractivity contribution in [3.05, 3.63) is 52.8 Å². The van der Waals surface area contributed by atoms with Crippen LogP contribution in [0.15, 0.2) is 36.7 Å². The predicted octanol–water partition coefficient (Wildman–Crippen LogP) is 1.93. The number of piperidine rings is 1. The molecule has 152 valence electrons. The van der Waals surface area contributed by atoms with Gasteiger partial charge in [0.25, 0.3) is 5.91 Å². The summed E-state index contributed by atoms with van der Waals surface area (Å²) in [5.41, 5.74) is 6.89. The Hall–Kier alpha value is -2.09. The Bertz CT molecular complexity index is 811. The molecule has 0 radical (unpaired) electrons. The first-order valence-electron chi connectivity index (χ1n) is 9.11. The molecule has 1 saturated heterocycles. The maximum absolute atomic E-state index is 12.8. The van der Waals surface area contributed by atoms with E-state index in [1.54, 1.807) is 22.0 Å². The van der Waals surface area contributed by atoms with Crippen LogP contribution < -0.4 is 11.1 Å². The third-order valence-electron chi connectivity index (χ3n) is 4.69. The highest BCUT2D eigenvalue weighted by Gasteiger charge is 2.29. The quantitative estimate of drug-likeness (QED) is 0.739. The van der Waals surface area contributed by atoms with Crippen LogP contribution >= 0.6 is 24.0 Å². The number of amides is 2. The number of halogens is 2. The highest BCUT2D eigenvalue weighted by Crippen LogP contribution is 2.20. The van der Waals surface area contributed by atoms with E-state index in [4.69, 9.17) is 17.3 Å². The van der Waals surface area contributed by atoms with E-state index in [-0.39, 0.29) is 30.1 Å². The normalized spacial score (nSPS) is 16.4. The lowest BCUT2D eigenvalue weighted by Gasteiger charge is -2.31. The first kappa shape index (κ1) is 22.2. The molecular weight excluding hydrogens is 401 g/mol. The SMILES string of the molecule is Cl.NCCNC(=O)C1CCCN(C(=O)c2cnn(Cc3ccccc3Cl)c2)C1. The molecule has 1 fully saturated rings. The van der Waals surface area contributed by atoms with Crippen molar-refractivity contribution in [3.63, 3.8) is 0 Å². The summed E-state index contributed by atoms with van der Waals surface area (Å²) in [6.07, 6.45) is 4.88. The number of hydrogen-bond donors (Lipinski definition) is 2. The van der Waals surface area contributed by atoms with Gasteiger partial charge >= 0.3 is 0 Å². The zero-order valence-electron chi connectivity index (χ0n) is 15.5. The molecule has 0 saturated carbocycles. The van der Waals surface area contributed by atoms with E-state index in [0.717, 1.165) is 18.4 Å². The Morgan fingerprint density at radius 2 is 2.11 bits per heavy atom. The number of nitrogens with zero attached hydrogens (tertiary/aromatic N) is 3. The minimum atomic E-state index is -0.188. The summed E-state index contributed by atoms with van der Waals surface area (Å²) in [4.78, 5) is 26.7. The molecule has 9 heteroatoms. The number of aromatic nitrogens is 2. The molecule has 1 atom stereocenters. The van der Waals surface area contributed by atoms with E-state index < -0.39 is 0 Å². The predicted molar refractivity (Wildman–Crippen MR) is 111 cm³/mol. The third-order valence-corrected chi connectivity index (χ3v) is 5.06. The van der Waals surface area contributed by atoms with Gasteiger partial charge in [0.1, 0.15) is 0 Å². The van der Waals surface area contributed by atoms with Crippen molar-refractivity contribution in [1.29, 1.82) is 0 Å². The molecule has 2 amide bonds. The zero-order chi connectivity index (χ0) is 19.2. The van der Waals surface area contributed by atoms with Gasteiger partial charge in [-0.2, -0.15) is 5.10 Å². The average molecular weight is 426 g/mol. The van der Waals surface area contributed by atoms with Crippen LogP contribution in [0, 0.1) is 5.92 Å². The molecule has 1 aliphatic rings. The van der Waals surface area contributed by atoms with Crippen LogP contribution in [0.4, 0.5) is 0 Å². The number of hydrogen-bond acceptors (Lipinski definition) is 4. The maximum Gasteiger partial charge on any atom is 0.257 e. The van der Waals surface area contributed by atoms with Gasteiger partial charge in [0.15, 0.2) is 0 Å². The molecule has 7 nitrogen and oxygen atoms in total. The van der Waals surface area contributed by atoms with Crippen molar-refractivity contribution in [3.8, 4) is 0 Å². The van der Waals surface area contributed by atoms with E-state index in [2.05, 4.69) is 10.4 Å². The van der Waals surface area contributed by atoms with Crippen molar-refractivity contribution in [2.45, 2.75) is 19.4 Å². The number of carbonyl (C=O) groups is 2. The van der Waals surface area contributed by atoms with E-state index in [1.807, 2.05) is 24.3 Å². The van der Waals surface area contributed by atoms with Gasteiger partial charge < -0.3 is 16.0 Å². The van der Waals surface area contributed by atoms with E-state index in [9.17, 15) is 9.59 Å². The fraction of sp³-hybridized carbons (Fsp3) is 0.421. The highest BCUT2D eigenvalue weighted by atomic mass is 35.5. The summed E-state index contributed by atoms with van der Waals surface area (Å²) in [5.74, 6) is -0.323. The third kappa shape index (κ3) is 5.47. The minimum absolute atomic E-state index is 0. The Labute approximate surface area is 175 Å². The second-order valence-electron chi connectivity index (χ2n) is 6.69. The smallest absolute Gasteiger partial charge is 0.257 e. The number of carbonyl (C=O) groups excluding carboxylic acids is 2. The average Bonchev–Trinajstić information content (AvgIpc) is 3.16. The molecule has 0 spiro atoms. The van der Waals surface area contributed by atoms with E-state index in [0.29, 0.717) is 43.3 Å². The number of nitrogens with one attached hydrogen (secondary N) is 1. The van der Waals surface area contributed by atoms with Crippen molar-refractivity contribution in [2.24, 2.45) is 11.7 Å². The van der Waals surface area contributed by atoms with Gasteiger partial charge in [-0.25, -0.2) is 0 Å². The Balaban J connectivity index is 0.00000280. The van der Waals surface area contributed by atoms with Crippen LogP contribution in [0.25, 0.3) is 0 Å². The summed E-state index contributed by atoms with van der Waals surface area (Å²) in [5, 5.41) is 7.76. The van der Waals surface area contributed by atoms with Gasteiger partial charge in [0.05, 0.1) is 24.2 Å². The van der Waals surface area contributed by atoms with Crippen LogP contribution in [-0.2, 0) is 11.3 Å². The molecular formula is C19H25Cl2N5O2. The number of benzene rings is 1. The first-order valence-corrected chi connectivity index (χ1v) is 9.49. The fourth-order valence-corrected chi connectivity index (χ4v) is 3.46. The molecule has 1 aromatic carbocycles. The van der Waals surface area contributed by atoms with Gasteiger partial charge in [-0.1, -0.05) is 29.8 Å². The lowest BCUT2D eigenvalue weighted by Crippen LogP contribution is -2.46. The summed E-state index contributed by atoms with van der Waals surface area (Å²) in [6.45, 7) is 2.43. The summed E-state index contributed by atoms with van der Waals surface area (Å²) in [7, 11) is 0. The molecule has 3 N–H and O–H groups in total. The molecule has 2 aromatic rings. The second kappa shape index (κ2) is 10.5. The van der Waals surface area contributed by atoms with Crippen LogP contribution in [0.5, 0.6) is 0 Å². The number of nitrogens with two attached hydrogens (primary N) is 1. The van der Waals surface area contributed by atoms with Gasteiger partial charge in [-0.15, -0.1) is 12.4 Å². The standard InChI is InChI=1S/C19H24ClN5O2.ClH/c20-17-6-2-1-4-14(17)12-25-13-16(10-23-25)19(27)24-9-3-5-15(11-24)18(26)22-8-7-21;/h1-2,4,6,10,13,15H,3,5,7-9,11-12,21H2,(H,22,26);1H. The number of likely N-dealkylation sites (tertiary alicyclic amines) is 1. The van der Waals surface area contributed by atoms with Crippen molar-refractivity contribution in [1.82, 2.24) is 20.0 Å². The Morgan fingerprint density at radius 1 is 1.32 bits per heavy atom. The number of rotatable bonds is 6. The first-order chi connectivity index (χ1) is 13.1. The molecule has 3 rings (SSSR count). The van der Waals surface area contributed by atoms with E-state index >= 15 is 0 Å². The Morgan fingerprint density at radius 3 is 2.86 bits per heavy atom. The van der Waals surface area contributed by atoms with Gasteiger partial charge in [0, 0.05) is 37.4 Å². The molecule has 0 aliphatic carbocycles. The molecule has 1 aromatic heterocycles. The van der Waals surface area contributed by atoms with Crippen LogP contribution in [0.1, 0.15) is 28.8 Å². The van der Waals surface area contributed by atoms with Crippen LogP contribution in [-0.4, -0.2) is 52.7 Å². The van der Waals surface area contributed by atoms with Gasteiger partial charge in [-0.05, 0) is 24.5 Å². The monoisotopic (exact) mass is 425 g/mol. The Kier molecular flexibility index (Phi) is 8.29.